The van der Waals surface area contributed by atoms with Crippen LogP contribution in [0.25, 0.3) is 11.2 Å². The van der Waals surface area contributed by atoms with Gasteiger partial charge in [0, 0.05) is 0 Å². The molecule has 0 saturated carbocycles. The van der Waals surface area contributed by atoms with Crippen molar-refractivity contribution in [2.45, 2.75) is 31.0 Å². The van der Waals surface area contributed by atoms with E-state index >= 15 is 0 Å². The van der Waals surface area contributed by atoms with Gasteiger partial charge in [-0.05, 0) is 5.56 Å². The van der Waals surface area contributed by atoms with Crippen LogP contribution in [0, 0.1) is 0 Å². The number of nitrogens with two attached hydrogens (primary N) is 1. The minimum absolute atomic E-state index is 0.0177. The van der Waals surface area contributed by atoms with E-state index < -0.39 is 60.6 Å². The predicted molar refractivity (Wildman–Crippen MR) is 129 cm³/mol. The van der Waals surface area contributed by atoms with Gasteiger partial charge in [-0.2, -0.15) is 8.62 Å². The van der Waals surface area contributed by atoms with E-state index in [1.807, 2.05) is 0 Å². The lowest BCUT2D eigenvalue weighted by Gasteiger charge is -2.22. The van der Waals surface area contributed by atoms with Gasteiger partial charge in [-0.15, -0.1) is 0 Å². The van der Waals surface area contributed by atoms with E-state index in [1.165, 1.54) is 10.9 Å². The van der Waals surface area contributed by atoms with Crippen LogP contribution in [0.15, 0.2) is 43.0 Å². The van der Waals surface area contributed by atoms with Gasteiger partial charge in [-0.3, -0.25) is 13.9 Å². The predicted octanol–water partition coefficient (Wildman–Crippen LogP) is 0.165. The third kappa shape index (κ3) is 7.55. The summed E-state index contributed by atoms with van der Waals surface area (Å²) < 4.78 is 58.9. The molecule has 6 atom stereocenters. The summed E-state index contributed by atoms with van der Waals surface area (Å²) in [6.45, 7) is -1.00. The van der Waals surface area contributed by atoms with Crippen molar-refractivity contribution >= 4 is 46.4 Å². The van der Waals surface area contributed by atoms with Crippen LogP contribution in [0.1, 0.15) is 11.8 Å². The van der Waals surface area contributed by atoms with Gasteiger partial charge in [0.15, 0.2) is 23.8 Å². The van der Waals surface area contributed by atoms with E-state index in [4.69, 9.17) is 25.0 Å². The Labute approximate surface area is 223 Å². The standard InChI is InChI=1S/C18H22N5O14P3/c19-16-13-17(21-8-20-16)23(9-22-13)18-15(35-12(24)6-10-4-2-1-3-5-10)14(25)11(34-18)7-33-39(29,30)37-40(31,32)36-38(26,27)28/h1-5,8-9,11,14-15,18,25H,6-7H2,(H,29,30)(H,31,32)(H2,19,20,21)(H2,26,27,28)/t11-,14-,15-,18+/m1/s1. The number of benzene rings is 1. The Morgan fingerprint density at radius 1 is 1.02 bits per heavy atom. The molecule has 7 N–H and O–H groups in total. The second-order valence-corrected chi connectivity index (χ2v) is 12.6. The number of aliphatic hydroxyl groups is 1. The minimum Gasteiger partial charge on any atom is -0.454 e. The van der Waals surface area contributed by atoms with E-state index in [2.05, 4.69) is 28.1 Å². The number of imidazole rings is 1. The molecule has 1 aromatic carbocycles. The third-order valence-corrected chi connectivity index (χ3v) is 9.05. The number of ether oxygens (including phenoxy) is 2. The molecule has 40 heavy (non-hydrogen) atoms. The number of carbonyl (C=O) groups excluding carboxylic acids is 1. The molecular formula is C18H22N5O14P3. The quantitative estimate of drug-likeness (QED) is 0.122. The lowest BCUT2D eigenvalue weighted by Crippen LogP contribution is -2.37. The van der Waals surface area contributed by atoms with Crippen LogP contribution in [-0.4, -0.2) is 75.1 Å². The second-order valence-electron chi connectivity index (χ2n) is 8.14. The molecule has 0 spiro atoms. The third-order valence-electron chi connectivity index (χ3n) is 5.25. The molecule has 0 radical (unpaired) electrons. The van der Waals surface area contributed by atoms with Gasteiger partial charge in [-0.1, -0.05) is 30.3 Å². The molecule has 0 bridgehead atoms. The van der Waals surface area contributed by atoms with Gasteiger partial charge < -0.3 is 39.9 Å². The molecule has 0 amide bonds. The van der Waals surface area contributed by atoms with Crippen LogP contribution in [0.4, 0.5) is 5.82 Å². The number of phosphoric ester groups is 1. The number of aromatic nitrogens is 4. The van der Waals surface area contributed by atoms with Crippen molar-refractivity contribution in [2.75, 3.05) is 12.3 Å². The first-order valence-corrected chi connectivity index (χ1v) is 15.4. The molecule has 3 aromatic rings. The highest BCUT2D eigenvalue weighted by atomic mass is 31.3. The Bertz CT molecular complexity index is 1520. The van der Waals surface area contributed by atoms with Crippen LogP contribution in [-0.2, 0) is 47.5 Å². The fourth-order valence-corrected chi connectivity index (χ4v) is 6.72. The number of hydrogen-bond acceptors (Lipinski definition) is 14. The number of hydrogen-bond donors (Lipinski definition) is 6. The zero-order valence-corrected chi connectivity index (χ0v) is 22.6. The monoisotopic (exact) mass is 625 g/mol. The largest absolute Gasteiger partial charge is 0.490 e. The summed E-state index contributed by atoms with van der Waals surface area (Å²) in [7, 11) is -16.9. The summed E-state index contributed by atoms with van der Waals surface area (Å²) in [5.41, 5.74) is 6.70. The molecule has 1 fully saturated rings. The Kier molecular flexibility index (Phi) is 8.87. The number of esters is 1. The highest BCUT2D eigenvalue weighted by Gasteiger charge is 2.49. The zero-order valence-electron chi connectivity index (χ0n) is 19.9. The molecule has 3 heterocycles. The zero-order chi connectivity index (χ0) is 29.3. The van der Waals surface area contributed by atoms with Crippen molar-refractivity contribution in [2.24, 2.45) is 0 Å². The maximum atomic E-state index is 12.7. The molecule has 1 aliphatic heterocycles. The maximum Gasteiger partial charge on any atom is 0.490 e. The number of nitrogen functional groups attached to an aromatic ring is 1. The molecular weight excluding hydrogens is 603 g/mol. The summed E-state index contributed by atoms with van der Waals surface area (Å²) in [5.74, 6) is -0.750. The van der Waals surface area contributed by atoms with Crippen LogP contribution in [0.5, 0.6) is 0 Å². The van der Waals surface area contributed by atoms with Gasteiger partial charge in [0.2, 0.25) is 0 Å². The van der Waals surface area contributed by atoms with Crippen molar-refractivity contribution < 1.29 is 65.8 Å². The van der Waals surface area contributed by atoms with E-state index in [0.29, 0.717) is 5.56 Å². The first-order valence-electron chi connectivity index (χ1n) is 10.9. The summed E-state index contributed by atoms with van der Waals surface area (Å²) in [6.07, 6.45) is -3.86. The molecule has 218 valence electrons. The van der Waals surface area contributed by atoms with Crippen LogP contribution in [0.3, 0.4) is 0 Å². The molecule has 19 nitrogen and oxygen atoms in total. The number of rotatable bonds is 11. The topological polar surface area (TPSA) is 285 Å². The normalized spacial score (nSPS) is 24.4. The van der Waals surface area contributed by atoms with Gasteiger partial charge >= 0.3 is 29.4 Å². The lowest BCUT2D eigenvalue weighted by atomic mass is 10.1. The van der Waals surface area contributed by atoms with Crippen LogP contribution in [0.2, 0.25) is 0 Å². The minimum atomic E-state index is -5.77. The average molecular weight is 625 g/mol. The second kappa shape index (κ2) is 11.7. The highest BCUT2D eigenvalue weighted by Crippen LogP contribution is 2.66. The van der Waals surface area contributed by atoms with Gasteiger partial charge in [0.1, 0.15) is 24.1 Å². The SMILES string of the molecule is Nc1ncnc2c1ncn2[C@H]1O[C@H](COP(=O)(O)OP(=O)(O)OP(=O)(O)O)[C@@H](O)[C@H]1OC(=O)Cc1ccccc1. The van der Waals surface area contributed by atoms with E-state index in [-0.39, 0.29) is 23.4 Å². The number of aliphatic hydroxyl groups excluding tert-OH is 1. The van der Waals surface area contributed by atoms with E-state index in [0.717, 1.165) is 6.33 Å². The maximum absolute atomic E-state index is 12.7. The van der Waals surface area contributed by atoms with Gasteiger partial charge in [0.25, 0.3) is 0 Å². The molecule has 2 aromatic heterocycles. The fourth-order valence-electron chi connectivity index (χ4n) is 3.69. The molecule has 2 unspecified atom stereocenters. The van der Waals surface area contributed by atoms with Crippen molar-refractivity contribution in [1.82, 2.24) is 19.5 Å². The number of anilines is 1. The summed E-state index contributed by atoms with van der Waals surface area (Å²) in [6, 6.07) is 8.52. The molecule has 1 aliphatic rings. The first-order chi connectivity index (χ1) is 18.6. The van der Waals surface area contributed by atoms with Crippen molar-refractivity contribution in [3.8, 4) is 0 Å². The molecule has 0 aliphatic carbocycles. The van der Waals surface area contributed by atoms with Crippen LogP contribution >= 0.6 is 23.5 Å². The smallest absolute Gasteiger partial charge is 0.454 e. The van der Waals surface area contributed by atoms with Crippen molar-refractivity contribution in [1.29, 1.82) is 0 Å². The number of fused-ring (bicyclic) bond motifs is 1. The number of carbonyl (C=O) groups is 1. The Morgan fingerprint density at radius 2 is 1.73 bits per heavy atom. The van der Waals surface area contributed by atoms with Crippen molar-refractivity contribution in [3.63, 3.8) is 0 Å². The summed E-state index contributed by atoms with van der Waals surface area (Å²) in [5, 5.41) is 10.9. The number of nitrogens with zero attached hydrogens (tertiary/aromatic N) is 4. The number of phosphoric acid groups is 3. The van der Waals surface area contributed by atoms with E-state index in [1.54, 1.807) is 30.3 Å². The van der Waals surface area contributed by atoms with Gasteiger partial charge in [0.05, 0.1) is 19.4 Å². The molecule has 1 saturated heterocycles. The van der Waals surface area contributed by atoms with E-state index in [9.17, 15) is 33.4 Å². The Hall–Kier alpha value is -2.63. The Balaban J connectivity index is 1.54. The molecule has 22 heteroatoms. The first kappa shape index (κ1) is 30.3. The van der Waals surface area contributed by atoms with Gasteiger partial charge in [-0.25, -0.2) is 28.6 Å². The van der Waals surface area contributed by atoms with Crippen LogP contribution < -0.4 is 5.73 Å². The fraction of sp³-hybridized carbons (Fsp3) is 0.333. The summed E-state index contributed by atoms with van der Waals surface area (Å²) >= 11 is 0. The Morgan fingerprint density at radius 3 is 2.40 bits per heavy atom. The lowest BCUT2D eigenvalue weighted by molar-refractivity contribution is -0.157. The average Bonchev–Trinajstić information content (AvgIpc) is 3.38. The van der Waals surface area contributed by atoms with Crippen molar-refractivity contribution in [3.05, 3.63) is 48.5 Å². The summed E-state index contributed by atoms with van der Waals surface area (Å²) in [4.78, 5) is 61.0. The highest BCUT2D eigenvalue weighted by molar-refractivity contribution is 7.66. The molecule has 4 rings (SSSR count).